The van der Waals surface area contributed by atoms with Gasteiger partial charge in [0.25, 0.3) is 0 Å². The minimum atomic E-state index is 0.420. The molecule has 20 heavy (non-hydrogen) atoms. The van der Waals surface area contributed by atoms with Crippen molar-refractivity contribution >= 4 is 6.29 Å². The van der Waals surface area contributed by atoms with Crippen LogP contribution in [-0.4, -0.2) is 35.8 Å². The smallest absolute Gasteiger partial charge is 0.250 e. The largest absolute Gasteiger partial charge is 0.298 e. The zero-order valence-corrected chi connectivity index (χ0v) is 11.1. The van der Waals surface area contributed by atoms with Gasteiger partial charge in [-0.3, -0.25) is 9.48 Å². The molecule has 0 aliphatic carbocycles. The highest BCUT2D eigenvalue weighted by atomic mass is 16.1. The normalized spacial score (nSPS) is 10.7. The Labute approximate surface area is 114 Å². The second kappa shape index (κ2) is 4.69. The van der Waals surface area contributed by atoms with Crippen LogP contribution in [0.3, 0.4) is 0 Å². The van der Waals surface area contributed by atoms with Crippen molar-refractivity contribution in [1.29, 1.82) is 0 Å². The van der Waals surface area contributed by atoms with E-state index in [4.69, 9.17) is 0 Å². The van der Waals surface area contributed by atoms with Crippen LogP contribution in [-0.2, 0) is 7.05 Å². The maximum absolute atomic E-state index is 11.2. The molecule has 100 valence electrons. The molecular formula is C13H12N6O. The van der Waals surface area contributed by atoms with E-state index < -0.39 is 0 Å². The summed E-state index contributed by atoms with van der Waals surface area (Å²) in [6.45, 7) is 1.88. The first kappa shape index (κ1) is 12.2. The summed E-state index contributed by atoms with van der Waals surface area (Å²) in [7, 11) is 1.83. The zero-order valence-electron chi connectivity index (χ0n) is 11.1. The molecule has 0 spiro atoms. The number of aryl methyl sites for hydroxylation is 2. The predicted molar refractivity (Wildman–Crippen MR) is 71.5 cm³/mol. The van der Waals surface area contributed by atoms with E-state index in [1.165, 1.54) is 4.68 Å². The Balaban J connectivity index is 2.15. The van der Waals surface area contributed by atoms with Crippen molar-refractivity contribution in [2.45, 2.75) is 6.92 Å². The monoisotopic (exact) mass is 268 g/mol. The van der Waals surface area contributed by atoms with Gasteiger partial charge in [-0.15, -0.1) is 0 Å². The molecular weight excluding hydrogens is 256 g/mol. The Bertz CT molecular complexity index is 759. The molecule has 3 aromatic heterocycles. The molecule has 0 unspecified atom stereocenters. The highest BCUT2D eigenvalue weighted by Crippen LogP contribution is 2.24. The number of rotatable bonds is 3. The standard InChI is InChI=1S/C13H12N6O/c1-9-11(7-18(2)16-9)12-10(8-20)6-19(17-12)13-14-4-3-5-15-13/h3-8H,1-2H3. The van der Waals surface area contributed by atoms with Crippen molar-refractivity contribution in [3.05, 3.63) is 42.1 Å². The maximum atomic E-state index is 11.2. The van der Waals surface area contributed by atoms with Crippen molar-refractivity contribution in [3.63, 3.8) is 0 Å². The number of carbonyl (C=O) groups excluding carboxylic acids is 1. The molecule has 0 aromatic carbocycles. The lowest BCUT2D eigenvalue weighted by Gasteiger charge is -1.97. The van der Waals surface area contributed by atoms with E-state index in [2.05, 4.69) is 20.2 Å². The van der Waals surface area contributed by atoms with E-state index in [-0.39, 0.29) is 0 Å². The molecule has 0 aliphatic rings. The molecule has 3 rings (SSSR count). The van der Waals surface area contributed by atoms with Gasteiger partial charge in [0.1, 0.15) is 5.69 Å². The van der Waals surface area contributed by atoms with Crippen LogP contribution < -0.4 is 0 Å². The summed E-state index contributed by atoms with van der Waals surface area (Å²) in [5.74, 6) is 0.420. The first-order chi connectivity index (χ1) is 9.69. The summed E-state index contributed by atoms with van der Waals surface area (Å²) in [6, 6.07) is 1.72. The summed E-state index contributed by atoms with van der Waals surface area (Å²) in [5, 5.41) is 8.67. The molecule has 0 amide bonds. The van der Waals surface area contributed by atoms with Crippen LogP contribution in [0, 0.1) is 6.92 Å². The molecule has 0 atom stereocenters. The minimum absolute atomic E-state index is 0.420. The molecule has 0 radical (unpaired) electrons. The molecule has 0 N–H and O–H groups in total. The maximum Gasteiger partial charge on any atom is 0.250 e. The fourth-order valence-electron chi connectivity index (χ4n) is 2.03. The van der Waals surface area contributed by atoms with Gasteiger partial charge in [0.2, 0.25) is 5.95 Å². The molecule has 7 heteroatoms. The van der Waals surface area contributed by atoms with Crippen LogP contribution in [0.15, 0.2) is 30.9 Å². The molecule has 0 aliphatic heterocycles. The lowest BCUT2D eigenvalue weighted by atomic mass is 10.1. The van der Waals surface area contributed by atoms with Gasteiger partial charge in [-0.1, -0.05) is 0 Å². The van der Waals surface area contributed by atoms with Crippen LogP contribution in [0.4, 0.5) is 0 Å². The molecule has 3 heterocycles. The Hall–Kier alpha value is -2.83. The summed E-state index contributed by atoms with van der Waals surface area (Å²) in [5.41, 5.74) is 2.70. The minimum Gasteiger partial charge on any atom is -0.298 e. The third-order valence-corrected chi connectivity index (χ3v) is 2.90. The quantitative estimate of drug-likeness (QED) is 0.666. The van der Waals surface area contributed by atoms with E-state index in [1.54, 1.807) is 29.3 Å². The first-order valence-corrected chi connectivity index (χ1v) is 6.02. The fourth-order valence-corrected chi connectivity index (χ4v) is 2.03. The highest BCUT2D eigenvalue weighted by molar-refractivity contribution is 5.85. The van der Waals surface area contributed by atoms with Crippen LogP contribution in [0.2, 0.25) is 0 Å². The summed E-state index contributed by atoms with van der Waals surface area (Å²) in [6.07, 6.45) is 7.47. The van der Waals surface area contributed by atoms with Gasteiger partial charge in [-0.25, -0.2) is 14.6 Å². The van der Waals surface area contributed by atoms with Crippen molar-refractivity contribution in [2.75, 3.05) is 0 Å². The van der Waals surface area contributed by atoms with Crippen molar-refractivity contribution in [3.8, 4) is 17.2 Å². The SMILES string of the molecule is Cc1nn(C)cc1-c1nn(-c2ncccn2)cc1C=O. The van der Waals surface area contributed by atoms with E-state index >= 15 is 0 Å². The summed E-state index contributed by atoms with van der Waals surface area (Å²) in [4.78, 5) is 19.5. The first-order valence-electron chi connectivity index (χ1n) is 6.02. The Morgan fingerprint density at radius 2 is 1.90 bits per heavy atom. The molecule has 0 fully saturated rings. The zero-order chi connectivity index (χ0) is 14.1. The Kier molecular flexibility index (Phi) is 2.86. The number of nitrogens with zero attached hydrogens (tertiary/aromatic N) is 6. The van der Waals surface area contributed by atoms with Crippen LogP contribution in [0.1, 0.15) is 16.1 Å². The van der Waals surface area contributed by atoms with E-state index in [1.807, 2.05) is 20.2 Å². The second-order valence-corrected chi connectivity index (χ2v) is 4.35. The number of carbonyl (C=O) groups is 1. The van der Waals surface area contributed by atoms with Gasteiger partial charge in [0.05, 0.1) is 11.3 Å². The average Bonchev–Trinajstić information content (AvgIpc) is 3.02. The molecule has 3 aromatic rings. The highest BCUT2D eigenvalue weighted by Gasteiger charge is 2.16. The second-order valence-electron chi connectivity index (χ2n) is 4.35. The van der Waals surface area contributed by atoms with E-state index in [0.717, 1.165) is 17.5 Å². The van der Waals surface area contributed by atoms with Crippen molar-refractivity contribution in [2.24, 2.45) is 7.05 Å². The van der Waals surface area contributed by atoms with Gasteiger partial charge >= 0.3 is 0 Å². The van der Waals surface area contributed by atoms with E-state index in [0.29, 0.717) is 17.2 Å². The summed E-state index contributed by atoms with van der Waals surface area (Å²) >= 11 is 0. The third kappa shape index (κ3) is 1.99. The number of hydrogen-bond donors (Lipinski definition) is 0. The summed E-state index contributed by atoms with van der Waals surface area (Å²) < 4.78 is 3.18. The van der Waals surface area contributed by atoms with Gasteiger partial charge in [0.15, 0.2) is 6.29 Å². The lowest BCUT2D eigenvalue weighted by molar-refractivity contribution is 0.112. The molecule has 0 bridgehead atoms. The lowest BCUT2D eigenvalue weighted by Crippen LogP contribution is -2.00. The Morgan fingerprint density at radius 3 is 2.50 bits per heavy atom. The number of hydrogen-bond acceptors (Lipinski definition) is 5. The van der Waals surface area contributed by atoms with Gasteiger partial charge in [-0.2, -0.15) is 10.2 Å². The third-order valence-electron chi connectivity index (χ3n) is 2.90. The number of aromatic nitrogens is 6. The topological polar surface area (TPSA) is 78.5 Å². The molecule has 0 saturated carbocycles. The van der Waals surface area contributed by atoms with Gasteiger partial charge in [0, 0.05) is 37.4 Å². The molecule has 0 saturated heterocycles. The average molecular weight is 268 g/mol. The van der Waals surface area contributed by atoms with E-state index in [9.17, 15) is 4.79 Å². The fraction of sp³-hybridized carbons (Fsp3) is 0.154. The van der Waals surface area contributed by atoms with Crippen molar-refractivity contribution in [1.82, 2.24) is 29.5 Å². The van der Waals surface area contributed by atoms with Crippen LogP contribution in [0.25, 0.3) is 17.2 Å². The molecule has 7 nitrogen and oxygen atoms in total. The predicted octanol–water partition coefficient (Wildman–Crippen LogP) is 1.18. The van der Waals surface area contributed by atoms with Crippen LogP contribution >= 0.6 is 0 Å². The number of aldehydes is 1. The van der Waals surface area contributed by atoms with Crippen LogP contribution in [0.5, 0.6) is 0 Å². The van der Waals surface area contributed by atoms with Crippen molar-refractivity contribution < 1.29 is 4.79 Å². The Morgan fingerprint density at radius 1 is 1.15 bits per heavy atom. The van der Waals surface area contributed by atoms with Gasteiger partial charge in [-0.05, 0) is 13.0 Å². The van der Waals surface area contributed by atoms with Gasteiger partial charge < -0.3 is 0 Å².